The molecule has 0 radical (unpaired) electrons. The standard InChI is InChI=1S/C15H13BrN2O3/c1-10-2-5-12(9-14(10)16)17-15(19)8-11-3-6-13(7-4-11)18(20)21/h2-7,9H,8H2,1H3,(H,17,19). The summed E-state index contributed by atoms with van der Waals surface area (Å²) in [5, 5.41) is 13.3. The van der Waals surface area contributed by atoms with Gasteiger partial charge in [-0.1, -0.05) is 34.1 Å². The Morgan fingerprint density at radius 3 is 2.48 bits per heavy atom. The first kappa shape index (κ1) is 15.2. The molecule has 0 saturated carbocycles. The lowest BCUT2D eigenvalue weighted by molar-refractivity contribution is -0.384. The van der Waals surface area contributed by atoms with E-state index in [4.69, 9.17) is 0 Å². The summed E-state index contributed by atoms with van der Waals surface area (Å²) >= 11 is 3.41. The maximum absolute atomic E-state index is 11.9. The molecule has 0 saturated heterocycles. The fourth-order valence-corrected chi connectivity index (χ4v) is 2.18. The number of hydrogen-bond acceptors (Lipinski definition) is 3. The maximum Gasteiger partial charge on any atom is 0.269 e. The largest absolute Gasteiger partial charge is 0.326 e. The Kier molecular flexibility index (Phi) is 4.70. The Labute approximate surface area is 130 Å². The van der Waals surface area contributed by atoms with E-state index in [1.165, 1.54) is 12.1 Å². The highest BCUT2D eigenvalue weighted by molar-refractivity contribution is 9.10. The van der Waals surface area contributed by atoms with Crippen molar-refractivity contribution in [2.45, 2.75) is 13.3 Å². The first-order chi connectivity index (χ1) is 9.95. The summed E-state index contributed by atoms with van der Waals surface area (Å²) in [6.45, 7) is 1.96. The van der Waals surface area contributed by atoms with Crippen molar-refractivity contribution in [3.63, 3.8) is 0 Å². The molecule has 0 bridgehead atoms. The minimum atomic E-state index is -0.465. The molecular weight excluding hydrogens is 336 g/mol. The fourth-order valence-electron chi connectivity index (χ4n) is 1.80. The van der Waals surface area contributed by atoms with Crippen molar-refractivity contribution in [2.75, 3.05) is 5.32 Å². The number of non-ortho nitro benzene ring substituents is 1. The molecular formula is C15H13BrN2O3. The lowest BCUT2D eigenvalue weighted by atomic mass is 10.1. The van der Waals surface area contributed by atoms with Gasteiger partial charge in [-0.25, -0.2) is 0 Å². The van der Waals surface area contributed by atoms with Gasteiger partial charge in [0.2, 0.25) is 5.91 Å². The molecule has 108 valence electrons. The first-order valence-electron chi connectivity index (χ1n) is 6.25. The van der Waals surface area contributed by atoms with E-state index in [2.05, 4.69) is 21.2 Å². The minimum absolute atomic E-state index is 0.0154. The average Bonchev–Trinajstić information content (AvgIpc) is 2.43. The van der Waals surface area contributed by atoms with Gasteiger partial charge in [-0.15, -0.1) is 0 Å². The monoisotopic (exact) mass is 348 g/mol. The Morgan fingerprint density at radius 1 is 1.24 bits per heavy atom. The van der Waals surface area contributed by atoms with Gasteiger partial charge in [0, 0.05) is 22.3 Å². The van der Waals surface area contributed by atoms with Gasteiger partial charge in [-0.05, 0) is 30.2 Å². The Hall–Kier alpha value is -2.21. The second-order valence-electron chi connectivity index (χ2n) is 4.61. The van der Waals surface area contributed by atoms with Crippen LogP contribution in [0.2, 0.25) is 0 Å². The predicted molar refractivity (Wildman–Crippen MR) is 84.3 cm³/mol. The van der Waals surface area contributed by atoms with Crippen LogP contribution < -0.4 is 5.32 Å². The van der Waals surface area contributed by atoms with Crippen LogP contribution in [0.25, 0.3) is 0 Å². The van der Waals surface area contributed by atoms with Gasteiger partial charge in [-0.3, -0.25) is 14.9 Å². The summed E-state index contributed by atoms with van der Waals surface area (Å²) in [5.41, 5.74) is 2.54. The van der Waals surface area contributed by atoms with Crippen LogP contribution >= 0.6 is 15.9 Å². The highest BCUT2D eigenvalue weighted by Gasteiger charge is 2.08. The number of rotatable bonds is 4. The number of aryl methyl sites for hydroxylation is 1. The lowest BCUT2D eigenvalue weighted by Crippen LogP contribution is -2.14. The van der Waals surface area contributed by atoms with Crippen LogP contribution in [0.1, 0.15) is 11.1 Å². The Balaban J connectivity index is 2.01. The number of nitrogens with one attached hydrogen (secondary N) is 1. The molecule has 0 atom stereocenters. The zero-order chi connectivity index (χ0) is 15.4. The molecule has 0 aliphatic carbocycles. The smallest absolute Gasteiger partial charge is 0.269 e. The number of halogens is 1. The number of benzene rings is 2. The first-order valence-corrected chi connectivity index (χ1v) is 7.04. The number of carbonyl (C=O) groups excluding carboxylic acids is 1. The van der Waals surface area contributed by atoms with Crippen molar-refractivity contribution < 1.29 is 9.72 Å². The lowest BCUT2D eigenvalue weighted by Gasteiger charge is -2.07. The van der Waals surface area contributed by atoms with E-state index in [9.17, 15) is 14.9 Å². The molecule has 2 aromatic carbocycles. The SMILES string of the molecule is Cc1ccc(NC(=O)Cc2ccc([N+](=O)[O-])cc2)cc1Br. The Morgan fingerprint density at radius 2 is 1.90 bits per heavy atom. The number of amides is 1. The normalized spacial score (nSPS) is 10.2. The van der Waals surface area contributed by atoms with Crippen molar-refractivity contribution in [1.29, 1.82) is 0 Å². The van der Waals surface area contributed by atoms with Crippen LogP contribution in [0.3, 0.4) is 0 Å². The second kappa shape index (κ2) is 6.49. The van der Waals surface area contributed by atoms with E-state index < -0.39 is 4.92 Å². The van der Waals surface area contributed by atoms with Crippen LogP contribution in [0, 0.1) is 17.0 Å². The van der Waals surface area contributed by atoms with E-state index >= 15 is 0 Å². The quantitative estimate of drug-likeness (QED) is 0.673. The number of carbonyl (C=O) groups is 1. The summed E-state index contributed by atoms with van der Waals surface area (Å²) in [6, 6.07) is 11.5. The van der Waals surface area contributed by atoms with Gasteiger partial charge in [-0.2, -0.15) is 0 Å². The predicted octanol–water partition coefficient (Wildman–Crippen LogP) is 3.85. The van der Waals surface area contributed by atoms with Gasteiger partial charge in [0.1, 0.15) is 0 Å². The van der Waals surface area contributed by atoms with Crippen molar-refractivity contribution in [1.82, 2.24) is 0 Å². The number of anilines is 1. The summed E-state index contributed by atoms with van der Waals surface area (Å²) in [7, 11) is 0. The van der Waals surface area contributed by atoms with E-state index in [1.807, 2.05) is 25.1 Å². The van der Waals surface area contributed by atoms with Crippen molar-refractivity contribution >= 4 is 33.2 Å². The number of hydrogen-bond donors (Lipinski definition) is 1. The summed E-state index contributed by atoms with van der Waals surface area (Å²) < 4.78 is 0.927. The van der Waals surface area contributed by atoms with Crippen LogP contribution in [0.15, 0.2) is 46.9 Å². The zero-order valence-corrected chi connectivity index (χ0v) is 12.9. The molecule has 21 heavy (non-hydrogen) atoms. The number of nitro benzene ring substituents is 1. The van der Waals surface area contributed by atoms with Gasteiger partial charge >= 0.3 is 0 Å². The second-order valence-corrected chi connectivity index (χ2v) is 5.47. The summed E-state index contributed by atoms with van der Waals surface area (Å²) in [5.74, 6) is -0.167. The van der Waals surface area contributed by atoms with E-state index in [0.717, 1.165) is 15.6 Å². The molecule has 0 heterocycles. The molecule has 6 heteroatoms. The van der Waals surface area contributed by atoms with Crippen molar-refractivity contribution in [2.24, 2.45) is 0 Å². The summed E-state index contributed by atoms with van der Waals surface area (Å²) in [6.07, 6.45) is 0.170. The van der Waals surface area contributed by atoms with Gasteiger partial charge < -0.3 is 5.32 Å². The van der Waals surface area contributed by atoms with E-state index in [-0.39, 0.29) is 18.0 Å². The maximum atomic E-state index is 11.9. The molecule has 0 spiro atoms. The Bertz CT molecular complexity index is 684. The topological polar surface area (TPSA) is 72.2 Å². The van der Waals surface area contributed by atoms with Gasteiger partial charge in [0.05, 0.1) is 11.3 Å². The third kappa shape index (κ3) is 4.13. The summed E-state index contributed by atoms with van der Waals surface area (Å²) in [4.78, 5) is 22.0. The third-order valence-electron chi connectivity index (χ3n) is 2.97. The van der Waals surface area contributed by atoms with Gasteiger partial charge in [0.15, 0.2) is 0 Å². The van der Waals surface area contributed by atoms with Gasteiger partial charge in [0.25, 0.3) is 5.69 Å². The number of nitro groups is 1. The molecule has 5 nitrogen and oxygen atoms in total. The molecule has 0 aliphatic rings. The minimum Gasteiger partial charge on any atom is -0.326 e. The molecule has 1 N–H and O–H groups in total. The van der Waals surface area contributed by atoms with Crippen LogP contribution in [0.4, 0.5) is 11.4 Å². The third-order valence-corrected chi connectivity index (χ3v) is 3.82. The van der Waals surface area contributed by atoms with Crippen molar-refractivity contribution in [3.05, 3.63) is 68.2 Å². The molecule has 2 aromatic rings. The highest BCUT2D eigenvalue weighted by atomic mass is 79.9. The van der Waals surface area contributed by atoms with E-state index in [1.54, 1.807) is 12.1 Å². The molecule has 0 unspecified atom stereocenters. The molecule has 1 amide bonds. The number of nitrogens with zero attached hydrogens (tertiary/aromatic N) is 1. The zero-order valence-electron chi connectivity index (χ0n) is 11.3. The molecule has 0 aromatic heterocycles. The van der Waals surface area contributed by atoms with Crippen LogP contribution in [-0.4, -0.2) is 10.8 Å². The molecule has 2 rings (SSSR count). The molecule has 0 fully saturated rings. The average molecular weight is 349 g/mol. The molecule has 0 aliphatic heterocycles. The van der Waals surface area contributed by atoms with Crippen LogP contribution in [0.5, 0.6) is 0 Å². The van der Waals surface area contributed by atoms with Crippen LogP contribution in [-0.2, 0) is 11.2 Å². The highest BCUT2D eigenvalue weighted by Crippen LogP contribution is 2.21. The fraction of sp³-hybridized carbons (Fsp3) is 0.133. The van der Waals surface area contributed by atoms with E-state index in [0.29, 0.717) is 5.69 Å². The van der Waals surface area contributed by atoms with Crippen molar-refractivity contribution in [3.8, 4) is 0 Å².